The van der Waals surface area contributed by atoms with Crippen LogP contribution in [0, 0.1) is 11.3 Å². The minimum Gasteiger partial charge on any atom is -0.339 e. The fourth-order valence-corrected chi connectivity index (χ4v) is 4.05. The molecule has 0 saturated carbocycles. The Morgan fingerprint density at radius 1 is 1.26 bits per heavy atom. The third-order valence-electron chi connectivity index (χ3n) is 5.47. The Balaban J connectivity index is 1.52. The van der Waals surface area contributed by atoms with Crippen LogP contribution in [-0.2, 0) is 11.3 Å². The lowest BCUT2D eigenvalue weighted by Crippen LogP contribution is -2.41. The summed E-state index contributed by atoms with van der Waals surface area (Å²) in [5.74, 6) is 0.676. The van der Waals surface area contributed by atoms with Gasteiger partial charge in [-0.1, -0.05) is 26.8 Å². The van der Waals surface area contributed by atoms with Gasteiger partial charge in [0.1, 0.15) is 0 Å². The molecule has 142 valence electrons. The van der Waals surface area contributed by atoms with Crippen LogP contribution >= 0.6 is 0 Å². The van der Waals surface area contributed by atoms with Crippen molar-refractivity contribution < 1.29 is 4.79 Å². The molecule has 1 aromatic carbocycles. The topological polar surface area (TPSA) is 66.8 Å². The molecule has 0 unspecified atom stereocenters. The van der Waals surface area contributed by atoms with Gasteiger partial charge >= 0.3 is 0 Å². The highest BCUT2D eigenvalue weighted by atomic mass is 16.2. The molecule has 3 aromatic rings. The molecule has 0 spiro atoms. The van der Waals surface area contributed by atoms with E-state index in [4.69, 9.17) is 0 Å². The number of H-pyrrole nitrogens is 1. The molecule has 1 saturated heterocycles. The molecule has 2 aromatic heterocycles. The summed E-state index contributed by atoms with van der Waals surface area (Å²) in [5, 5.41) is 12.6. The lowest BCUT2D eigenvalue weighted by molar-refractivity contribution is -0.140. The first-order chi connectivity index (χ1) is 12.8. The molecule has 0 aliphatic carbocycles. The van der Waals surface area contributed by atoms with Gasteiger partial charge in [-0.15, -0.1) is 0 Å². The summed E-state index contributed by atoms with van der Waals surface area (Å²) in [6, 6.07) is 6.67. The molecule has 1 aliphatic heterocycles. The Morgan fingerprint density at radius 2 is 2.07 bits per heavy atom. The monoisotopic (exact) mass is 365 g/mol. The van der Waals surface area contributed by atoms with Crippen LogP contribution in [-0.4, -0.2) is 43.4 Å². The summed E-state index contributed by atoms with van der Waals surface area (Å²) in [6.45, 7) is 9.79. The van der Waals surface area contributed by atoms with Crippen molar-refractivity contribution in [1.82, 2.24) is 24.9 Å². The second-order valence-electron chi connectivity index (χ2n) is 8.75. The average Bonchev–Trinajstić information content (AvgIpc) is 3.34. The summed E-state index contributed by atoms with van der Waals surface area (Å²) < 4.78 is 2.08. The van der Waals surface area contributed by atoms with Crippen LogP contribution in [0.5, 0.6) is 0 Å². The number of hydrogen-bond donors (Lipinski definition) is 1. The third-order valence-corrected chi connectivity index (χ3v) is 5.47. The number of likely N-dealkylation sites (tertiary alicyclic amines) is 1. The van der Waals surface area contributed by atoms with E-state index in [1.54, 1.807) is 0 Å². The Hall–Kier alpha value is -2.63. The molecule has 0 radical (unpaired) electrons. The van der Waals surface area contributed by atoms with Crippen molar-refractivity contribution in [3.05, 3.63) is 36.8 Å². The second-order valence-corrected chi connectivity index (χ2v) is 8.75. The molecule has 0 bridgehead atoms. The number of amides is 1. The van der Waals surface area contributed by atoms with E-state index in [9.17, 15) is 4.79 Å². The number of nitrogens with zero attached hydrogens (tertiary/aromatic N) is 4. The van der Waals surface area contributed by atoms with Crippen LogP contribution in [0.2, 0.25) is 0 Å². The molecule has 3 heterocycles. The number of carbonyl (C=O) groups excluding carboxylic acids is 1. The van der Waals surface area contributed by atoms with Crippen molar-refractivity contribution in [2.45, 2.75) is 46.7 Å². The van der Waals surface area contributed by atoms with Crippen molar-refractivity contribution in [1.29, 1.82) is 0 Å². The average molecular weight is 365 g/mol. The van der Waals surface area contributed by atoms with Gasteiger partial charge in [0.25, 0.3) is 0 Å². The fourth-order valence-electron chi connectivity index (χ4n) is 4.05. The number of carbonyl (C=O) groups is 1. The zero-order chi connectivity index (χ0) is 19.2. The van der Waals surface area contributed by atoms with Gasteiger partial charge in [0.05, 0.1) is 17.9 Å². The molecule has 1 amide bonds. The minimum absolute atomic E-state index is 0.243. The molecule has 4 rings (SSSR count). The predicted molar refractivity (Wildman–Crippen MR) is 106 cm³/mol. The highest BCUT2D eigenvalue weighted by Crippen LogP contribution is 2.30. The SMILES string of the molecule is C[C@@H]1C[C@H](Cn2ncc3cc(-c4cn[nH]c4)ccc32)CN1C(=O)C(C)(C)C. The van der Waals surface area contributed by atoms with Crippen LogP contribution < -0.4 is 0 Å². The van der Waals surface area contributed by atoms with E-state index in [-0.39, 0.29) is 17.4 Å². The Bertz CT molecular complexity index is 951. The highest BCUT2D eigenvalue weighted by molar-refractivity contribution is 5.84. The number of aromatic amines is 1. The number of hydrogen-bond acceptors (Lipinski definition) is 3. The van der Waals surface area contributed by atoms with E-state index in [0.29, 0.717) is 5.92 Å². The van der Waals surface area contributed by atoms with E-state index in [2.05, 4.69) is 45.1 Å². The summed E-state index contributed by atoms with van der Waals surface area (Å²) >= 11 is 0. The number of nitrogens with one attached hydrogen (secondary N) is 1. The fraction of sp³-hybridized carbons (Fsp3) is 0.476. The van der Waals surface area contributed by atoms with Crippen LogP contribution in [0.25, 0.3) is 22.0 Å². The van der Waals surface area contributed by atoms with Crippen LogP contribution in [0.15, 0.2) is 36.8 Å². The van der Waals surface area contributed by atoms with Crippen molar-refractivity contribution in [2.75, 3.05) is 6.54 Å². The first-order valence-corrected chi connectivity index (χ1v) is 9.59. The van der Waals surface area contributed by atoms with Gasteiger partial charge in [0.15, 0.2) is 0 Å². The maximum Gasteiger partial charge on any atom is 0.228 e. The van der Waals surface area contributed by atoms with Crippen molar-refractivity contribution in [3.8, 4) is 11.1 Å². The van der Waals surface area contributed by atoms with E-state index in [1.165, 1.54) is 0 Å². The maximum absolute atomic E-state index is 12.7. The van der Waals surface area contributed by atoms with Crippen LogP contribution in [0.1, 0.15) is 34.1 Å². The van der Waals surface area contributed by atoms with E-state index in [1.807, 2.05) is 44.3 Å². The van der Waals surface area contributed by atoms with Gasteiger partial charge in [0, 0.05) is 41.7 Å². The second kappa shape index (κ2) is 6.51. The normalized spacial score (nSPS) is 20.5. The number of rotatable bonds is 3. The summed E-state index contributed by atoms with van der Waals surface area (Å²) in [4.78, 5) is 14.7. The summed E-state index contributed by atoms with van der Waals surface area (Å²) in [7, 11) is 0. The molecular weight excluding hydrogens is 338 g/mol. The zero-order valence-corrected chi connectivity index (χ0v) is 16.4. The summed E-state index contributed by atoms with van der Waals surface area (Å²) in [6.07, 6.45) is 6.67. The highest BCUT2D eigenvalue weighted by Gasteiger charge is 2.37. The number of fused-ring (bicyclic) bond motifs is 1. The third kappa shape index (κ3) is 3.36. The first-order valence-electron chi connectivity index (χ1n) is 9.59. The van der Waals surface area contributed by atoms with Crippen molar-refractivity contribution in [2.24, 2.45) is 11.3 Å². The Labute approximate surface area is 159 Å². The van der Waals surface area contributed by atoms with Gasteiger partial charge in [-0.3, -0.25) is 14.6 Å². The zero-order valence-electron chi connectivity index (χ0n) is 16.4. The molecule has 1 fully saturated rings. The van der Waals surface area contributed by atoms with E-state index in [0.717, 1.165) is 41.5 Å². The quantitative estimate of drug-likeness (QED) is 0.769. The lowest BCUT2D eigenvalue weighted by atomic mass is 9.94. The largest absolute Gasteiger partial charge is 0.339 e. The van der Waals surface area contributed by atoms with Crippen molar-refractivity contribution >= 4 is 16.8 Å². The van der Waals surface area contributed by atoms with Crippen molar-refractivity contribution in [3.63, 3.8) is 0 Å². The molecule has 2 atom stereocenters. The molecule has 1 aliphatic rings. The number of aromatic nitrogens is 4. The molecule has 6 nitrogen and oxygen atoms in total. The Kier molecular flexibility index (Phi) is 4.29. The van der Waals surface area contributed by atoms with E-state index < -0.39 is 0 Å². The Morgan fingerprint density at radius 3 is 2.78 bits per heavy atom. The maximum atomic E-state index is 12.7. The smallest absolute Gasteiger partial charge is 0.228 e. The van der Waals surface area contributed by atoms with Crippen LogP contribution in [0.3, 0.4) is 0 Å². The van der Waals surface area contributed by atoms with Gasteiger partial charge in [-0.05, 0) is 37.0 Å². The summed E-state index contributed by atoms with van der Waals surface area (Å²) in [5.41, 5.74) is 3.01. The van der Waals surface area contributed by atoms with Gasteiger partial charge < -0.3 is 4.90 Å². The van der Waals surface area contributed by atoms with Gasteiger partial charge in [-0.25, -0.2) is 0 Å². The standard InChI is InChI=1S/C21H27N5O/c1-14-7-15(12-25(14)20(27)21(2,3)4)13-26-19-6-5-16(8-17(19)11-24-26)18-9-22-23-10-18/h5-6,8-11,14-15H,7,12-13H2,1-4H3,(H,22,23)/t14-,15+/m1/s1. The van der Waals surface area contributed by atoms with E-state index >= 15 is 0 Å². The molecular formula is C21H27N5O. The van der Waals surface area contributed by atoms with Gasteiger partial charge in [0.2, 0.25) is 5.91 Å². The van der Waals surface area contributed by atoms with Crippen LogP contribution in [0.4, 0.5) is 0 Å². The minimum atomic E-state index is -0.328. The first kappa shape index (κ1) is 17.8. The predicted octanol–water partition coefficient (Wildman–Crippen LogP) is 3.71. The molecule has 27 heavy (non-hydrogen) atoms. The van der Waals surface area contributed by atoms with Gasteiger partial charge in [-0.2, -0.15) is 10.2 Å². The molecule has 1 N–H and O–H groups in total. The lowest BCUT2D eigenvalue weighted by Gasteiger charge is -2.29. The number of benzene rings is 1. The molecule has 6 heteroatoms.